The first-order valence-electron chi connectivity index (χ1n) is 11.6. The molecule has 1 aliphatic rings. The number of benzene rings is 1. The van der Waals surface area contributed by atoms with E-state index in [0.29, 0.717) is 37.3 Å². The van der Waals surface area contributed by atoms with E-state index in [1.807, 2.05) is 11.8 Å². The van der Waals surface area contributed by atoms with Crippen LogP contribution in [0.2, 0.25) is 0 Å². The van der Waals surface area contributed by atoms with Gasteiger partial charge in [0.25, 0.3) is 11.5 Å². The molecule has 1 saturated heterocycles. The molecule has 0 bridgehead atoms. The maximum Gasteiger partial charge on any atom is 0.269 e. The van der Waals surface area contributed by atoms with E-state index in [1.54, 1.807) is 29.3 Å². The topological polar surface area (TPSA) is 94.2 Å². The third-order valence-corrected chi connectivity index (χ3v) is 5.65. The van der Waals surface area contributed by atoms with Crippen LogP contribution in [0.15, 0.2) is 29.1 Å². The number of aromatic nitrogens is 3. The number of amides is 1. The number of carbonyl (C=O) groups is 1. The number of aryl methyl sites for hydroxylation is 1. The van der Waals surface area contributed by atoms with Gasteiger partial charge in [-0.05, 0) is 32.0 Å². The molecular weight excluding hydrogens is 418 g/mol. The van der Waals surface area contributed by atoms with Crippen LogP contribution in [0.4, 0.5) is 14.5 Å². The van der Waals surface area contributed by atoms with E-state index in [0.717, 1.165) is 0 Å². The third kappa shape index (κ3) is 4.05. The number of hydrogen-bond donors (Lipinski definition) is 2. The number of nitrogens with zero attached hydrogens (tertiary/aromatic N) is 4. The van der Waals surface area contributed by atoms with E-state index in [4.69, 9.17) is 4.11 Å². The quantitative estimate of drug-likeness (QED) is 0.597. The number of rotatable bonds is 4. The maximum atomic E-state index is 15.1. The number of aromatic amines is 1. The fraction of sp³-hybridized carbons (Fsp3) is 0.364. The van der Waals surface area contributed by atoms with Crippen molar-refractivity contribution in [1.29, 1.82) is 0 Å². The Morgan fingerprint density at radius 1 is 1.28 bits per heavy atom. The predicted molar refractivity (Wildman–Crippen MR) is 117 cm³/mol. The molecule has 1 aliphatic heterocycles. The van der Waals surface area contributed by atoms with Crippen LogP contribution in [0.1, 0.15) is 32.8 Å². The Morgan fingerprint density at radius 3 is 2.81 bits per heavy atom. The Balaban J connectivity index is 1.46. The van der Waals surface area contributed by atoms with Crippen LogP contribution >= 0.6 is 0 Å². The number of anilines is 1. The smallest absolute Gasteiger partial charge is 0.269 e. The van der Waals surface area contributed by atoms with Gasteiger partial charge in [-0.25, -0.2) is 14.4 Å². The van der Waals surface area contributed by atoms with Crippen molar-refractivity contribution in [2.75, 3.05) is 31.5 Å². The standard InChI is InChI=1S/C22H24F2N6O2/c1-12-10-29(8-9-30(12)17-7-6-16(22(32)25-3)27-20(17)24)11-14-4-5-15-19(18(14)23)28-21(31)13(2)26-15/h4-7,12H,8-11H2,1-3H3,(H,25,32)(H,28,31)/t12-/m0/s1/i3D3. The summed E-state index contributed by atoms with van der Waals surface area (Å²) >= 11 is 0. The van der Waals surface area contributed by atoms with Crippen LogP contribution in [-0.2, 0) is 6.54 Å². The van der Waals surface area contributed by atoms with Gasteiger partial charge in [-0.1, -0.05) is 6.07 Å². The van der Waals surface area contributed by atoms with Crippen LogP contribution in [-0.4, -0.2) is 58.4 Å². The molecular formula is C22H24F2N6O2. The summed E-state index contributed by atoms with van der Waals surface area (Å²) in [4.78, 5) is 37.9. The van der Waals surface area contributed by atoms with Crippen molar-refractivity contribution in [2.24, 2.45) is 0 Å². The Labute approximate surface area is 187 Å². The van der Waals surface area contributed by atoms with Gasteiger partial charge in [0.1, 0.15) is 16.9 Å². The summed E-state index contributed by atoms with van der Waals surface area (Å²) in [7, 11) is 0. The molecule has 0 spiro atoms. The van der Waals surface area contributed by atoms with Crippen LogP contribution in [0.3, 0.4) is 0 Å². The number of H-pyrrole nitrogens is 1. The van der Waals surface area contributed by atoms with Gasteiger partial charge in [0, 0.05) is 48.9 Å². The molecule has 8 nitrogen and oxygen atoms in total. The minimum Gasteiger partial charge on any atom is -0.363 e. The van der Waals surface area contributed by atoms with Gasteiger partial charge in [0.15, 0.2) is 5.82 Å². The van der Waals surface area contributed by atoms with E-state index >= 15 is 4.39 Å². The van der Waals surface area contributed by atoms with Gasteiger partial charge in [0.2, 0.25) is 5.95 Å². The van der Waals surface area contributed by atoms with Crippen molar-refractivity contribution in [3.05, 3.63) is 63.3 Å². The van der Waals surface area contributed by atoms with Crippen molar-refractivity contribution in [3.8, 4) is 0 Å². The summed E-state index contributed by atoms with van der Waals surface area (Å²) in [6, 6.07) is 5.83. The van der Waals surface area contributed by atoms with Crippen LogP contribution < -0.4 is 15.8 Å². The van der Waals surface area contributed by atoms with Crippen LogP contribution in [0.25, 0.3) is 11.0 Å². The lowest BCUT2D eigenvalue weighted by Gasteiger charge is -2.41. The summed E-state index contributed by atoms with van der Waals surface area (Å²) in [5.74, 6) is -2.39. The Hall–Kier alpha value is -3.40. The summed E-state index contributed by atoms with van der Waals surface area (Å²) < 4.78 is 51.1. The fourth-order valence-electron chi connectivity index (χ4n) is 3.99. The fourth-order valence-corrected chi connectivity index (χ4v) is 3.99. The molecule has 0 saturated carbocycles. The molecule has 3 heterocycles. The van der Waals surface area contributed by atoms with E-state index in [1.165, 1.54) is 12.1 Å². The van der Waals surface area contributed by atoms with Gasteiger partial charge in [0.05, 0.1) is 11.2 Å². The van der Waals surface area contributed by atoms with E-state index in [-0.39, 0.29) is 28.6 Å². The Kier molecular flexibility index (Phi) is 4.90. The molecule has 3 aromatic rings. The van der Waals surface area contributed by atoms with Gasteiger partial charge in [-0.2, -0.15) is 4.39 Å². The number of nitrogens with one attached hydrogen (secondary N) is 2. The second-order valence-corrected chi connectivity index (χ2v) is 7.82. The molecule has 0 unspecified atom stereocenters. The maximum absolute atomic E-state index is 15.1. The number of carbonyl (C=O) groups excluding carboxylic acids is 1. The lowest BCUT2D eigenvalue weighted by Crippen LogP contribution is -2.52. The van der Waals surface area contributed by atoms with Crippen molar-refractivity contribution in [3.63, 3.8) is 0 Å². The van der Waals surface area contributed by atoms with E-state index in [9.17, 15) is 14.0 Å². The van der Waals surface area contributed by atoms with Crippen molar-refractivity contribution in [1.82, 2.24) is 25.2 Å². The molecule has 4 rings (SSSR count). The number of halogens is 2. The normalized spacial score (nSPS) is 18.8. The Bertz CT molecular complexity index is 1350. The number of hydrogen-bond acceptors (Lipinski definition) is 6. The van der Waals surface area contributed by atoms with Gasteiger partial charge < -0.3 is 15.2 Å². The van der Waals surface area contributed by atoms with Gasteiger partial charge in [-0.3, -0.25) is 14.5 Å². The molecule has 168 valence electrons. The highest BCUT2D eigenvalue weighted by atomic mass is 19.1. The zero-order valence-electron chi connectivity index (χ0n) is 20.6. The Morgan fingerprint density at radius 2 is 2.09 bits per heavy atom. The molecule has 0 radical (unpaired) electrons. The largest absolute Gasteiger partial charge is 0.363 e. The second kappa shape index (κ2) is 8.62. The zero-order chi connectivity index (χ0) is 25.5. The second-order valence-electron chi connectivity index (χ2n) is 7.82. The number of pyridine rings is 1. The van der Waals surface area contributed by atoms with Crippen molar-refractivity contribution in [2.45, 2.75) is 26.4 Å². The highest BCUT2D eigenvalue weighted by Gasteiger charge is 2.27. The first-order valence-corrected chi connectivity index (χ1v) is 10.1. The molecule has 1 atom stereocenters. The number of fused-ring (bicyclic) bond motifs is 1. The van der Waals surface area contributed by atoms with Crippen LogP contribution in [0, 0.1) is 18.7 Å². The highest BCUT2D eigenvalue weighted by molar-refractivity contribution is 5.92. The van der Waals surface area contributed by atoms with Crippen molar-refractivity contribution >= 4 is 22.6 Å². The minimum absolute atomic E-state index is 0.0700. The van der Waals surface area contributed by atoms with E-state index in [2.05, 4.69) is 15.0 Å². The molecule has 10 heteroatoms. The van der Waals surface area contributed by atoms with Gasteiger partial charge in [-0.15, -0.1) is 0 Å². The average molecular weight is 445 g/mol. The first-order chi connectivity index (χ1) is 16.4. The first kappa shape index (κ1) is 18.2. The monoisotopic (exact) mass is 445 g/mol. The van der Waals surface area contributed by atoms with E-state index < -0.39 is 30.2 Å². The highest BCUT2D eigenvalue weighted by Crippen LogP contribution is 2.25. The summed E-state index contributed by atoms with van der Waals surface area (Å²) in [5.41, 5.74) is 0.551. The zero-order valence-corrected chi connectivity index (χ0v) is 17.6. The summed E-state index contributed by atoms with van der Waals surface area (Å²) in [6.07, 6.45) is 0. The molecule has 1 fully saturated rings. The summed E-state index contributed by atoms with van der Waals surface area (Å²) in [6.45, 7) is 2.48. The minimum atomic E-state index is -2.70. The third-order valence-electron chi connectivity index (χ3n) is 5.65. The predicted octanol–water partition coefficient (Wildman–Crippen LogP) is 1.98. The SMILES string of the molecule is [2H]C([2H])([2H])NC(=O)c1ccc(N2CCN(Cc3ccc4nc(C)c(=O)[nH]c4c3F)C[C@@H]2C)c(F)n1. The van der Waals surface area contributed by atoms with Crippen molar-refractivity contribution < 1.29 is 17.7 Å². The molecule has 0 aliphatic carbocycles. The lowest BCUT2D eigenvalue weighted by molar-refractivity contribution is 0.0957. The van der Waals surface area contributed by atoms with Crippen LogP contribution in [0.5, 0.6) is 0 Å². The summed E-state index contributed by atoms with van der Waals surface area (Å²) in [5, 5.41) is 1.78. The molecule has 1 amide bonds. The molecule has 2 N–H and O–H groups in total. The molecule has 1 aromatic carbocycles. The average Bonchev–Trinajstić information content (AvgIpc) is 2.76. The molecule has 32 heavy (non-hydrogen) atoms. The number of piperazine rings is 1. The van der Waals surface area contributed by atoms with Gasteiger partial charge >= 0.3 is 0 Å². The molecule has 2 aromatic heterocycles. The lowest BCUT2D eigenvalue weighted by atomic mass is 10.1.